The molecule has 0 saturated carbocycles. The summed E-state index contributed by atoms with van der Waals surface area (Å²) in [7, 11) is 0. The number of aromatic nitrogens is 4. The van der Waals surface area contributed by atoms with Gasteiger partial charge in [-0.05, 0) is 49.6 Å². The lowest BCUT2D eigenvalue weighted by molar-refractivity contribution is 0.0692. The number of nitrogens with two attached hydrogens (primary N) is 1. The molecule has 0 spiro atoms. The van der Waals surface area contributed by atoms with Crippen LogP contribution in [0.15, 0.2) is 47.2 Å². The number of halogens is 1. The standard InChI is InChI=1S/C19H20BrN5O3/c20-13-7-8-16(14(11-13)19(26)27)28-10-3-1-2-9-25-12-22-24-18(25)15-5-4-6-17(21)23-15/h4-8,11-12H,1-3,9-10H2,(H2,21,23)(H,26,27). The third kappa shape index (κ3) is 5.07. The number of hydrogen-bond donors (Lipinski definition) is 2. The van der Waals surface area contributed by atoms with Crippen molar-refractivity contribution in [1.82, 2.24) is 19.7 Å². The van der Waals surface area contributed by atoms with Crippen LogP contribution in [0.2, 0.25) is 0 Å². The lowest BCUT2D eigenvalue weighted by Crippen LogP contribution is -2.05. The molecular weight excluding hydrogens is 426 g/mol. The Balaban J connectivity index is 1.47. The van der Waals surface area contributed by atoms with Crippen LogP contribution in [0.4, 0.5) is 5.82 Å². The molecule has 0 unspecified atom stereocenters. The van der Waals surface area contributed by atoms with Crippen molar-refractivity contribution in [2.24, 2.45) is 0 Å². The average Bonchev–Trinajstić information content (AvgIpc) is 3.14. The summed E-state index contributed by atoms with van der Waals surface area (Å²) < 4.78 is 8.29. The Hall–Kier alpha value is -2.94. The minimum absolute atomic E-state index is 0.151. The summed E-state index contributed by atoms with van der Waals surface area (Å²) in [5.41, 5.74) is 6.58. The van der Waals surface area contributed by atoms with E-state index in [0.29, 0.717) is 34.2 Å². The van der Waals surface area contributed by atoms with Crippen LogP contribution in [0.25, 0.3) is 11.5 Å². The van der Waals surface area contributed by atoms with Crippen LogP contribution in [0.1, 0.15) is 29.6 Å². The van der Waals surface area contributed by atoms with Crippen LogP contribution in [-0.2, 0) is 6.54 Å². The van der Waals surface area contributed by atoms with Crippen molar-refractivity contribution in [3.05, 3.63) is 52.8 Å². The van der Waals surface area contributed by atoms with Gasteiger partial charge in [0.1, 0.15) is 29.2 Å². The smallest absolute Gasteiger partial charge is 0.339 e. The molecule has 146 valence electrons. The Morgan fingerprint density at radius 1 is 1.21 bits per heavy atom. The first-order valence-electron chi connectivity index (χ1n) is 8.81. The fourth-order valence-electron chi connectivity index (χ4n) is 2.73. The van der Waals surface area contributed by atoms with Gasteiger partial charge in [0.05, 0.1) is 6.61 Å². The molecule has 0 atom stereocenters. The number of hydrogen-bond acceptors (Lipinski definition) is 6. The first kappa shape index (κ1) is 19.8. The molecule has 0 aliphatic rings. The molecule has 3 N–H and O–H groups in total. The number of ether oxygens (including phenoxy) is 1. The van der Waals surface area contributed by atoms with E-state index in [0.717, 1.165) is 25.8 Å². The van der Waals surface area contributed by atoms with Gasteiger partial charge in [0.2, 0.25) is 0 Å². The number of benzene rings is 1. The van der Waals surface area contributed by atoms with Gasteiger partial charge in [0.25, 0.3) is 0 Å². The van der Waals surface area contributed by atoms with Crippen LogP contribution in [0, 0.1) is 0 Å². The summed E-state index contributed by atoms with van der Waals surface area (Å²) in [6.07, 6.45) is 4.31. The number of aromatic carboxylic acids is 1. The first-order valence-corrected chi connectivity index (χ1v) is 9.60. The molecule has 0 amide bonds. The molecule has 0 radical (unpaired) electrons. The highest BCUT2D eigenvalue weighted by molar-refractivity contribution is 9.10. The topological polar surface area (TPSA) is 116 Å². The number of pyridine rings is 1. The SMILES string of the molecule is Nc1cccc(-c2nncn2CCCCCOc2ccc(Br)cc2C(=O)O)n1. The van der Waals surface area contributed by atoms with E-state index in [2.05, 4.69) is 31.1 Å². The lowest BCUT2D eigenvalue weighted by atomic mass is 10.2. The normalized spacial score (nSPS) is 10.8. The van der Waals surface area contributed by atoms with E-state index in [9.17, 15) is 9.90 Å². The van der Waals surface area contributed by atoms with Gasteiger partial charge in [-0.2, -0.15) is 0 Å². The summed E-state index contributed by atoms with van der Waals surface area (Å²) >= 11 is 3.27. The van der Waals surface area contributed by atoms with Crippen LogP contribution in [0.3, 0.4) is 0 Å². The summed E-state index contributed by atoms with van der Waals surface area (Å²) in [6.45, 7) is 1.20. The number of carboxylic acid groups (broad SMARTS) is 1. The second kappa shape index (κ2) is 9.32. The van der Waals surface area contributed by atoms with Crippen molar-refractivity contribution in [3.63, 3.8) is 0 Å². The lowest BCUT2D eigenvalue weighted by Gasteiger charge is -2.10. The van der Waals surface area contributed by atoms with Crippen molar-refractivity contribution < 1.29 is 14.6 Å². The predicted octanol–water partition coefficient (Wildman–Crippen LogP) is 3.63. The van der Waals surface area contributed by atoms with Gasteiger partial charge in [0.15, 0.2) is 5.82 Å². The molecule has 3 aromatic rings. The average molecular weight is 446 g/mol. The van der Waals surface area contributed by atoms with E-state index in [-0.39, 0.29) is 5.56 Å². The summed E-state index contributed by atoms with van der Waals surface area (Å²) in [6, 6.07) is 10.4. The quantitative estimate of drug-likeness (QED) is 0.482. The molecule has 0 fully saturated rings. The second-order valence-corrected chi connectivity index (χ2v) is 7.07. The molecule has 0 aliphatic heterocycles. The number of rotatable bonds is 9. The minimum atomic E-state index is -1.01. The van der Waals surface area contributed by atoms with Crippen molar-refractivity contribution in [1.29, 1.82) is 0 Å². The van der Waals surface area contributed by atoms with Gasteiger partial charge in [0, 0.05) is 11.0 Å². The first-order chi connectivity index (χ1) is 13.5. The van der Waals surface area contributed by atoms with Crippen molar-refractivity contribution in [3.8, 4) is 17.3 Å². The van der Waals surface area contributed by atoms with E-state index in [1.165, 1.54) is 6.07 Å². The van der Waals surface area contributed by atoms with Gasteiger partial charge in [-0.1, -0.05) is 22.0 Å². The number of unbranched alkanes of at least 4 members (excludes halogenated alkanes) is 2. The van der Waals surface area contributed by atoms with Crippen molar-refractivity contribution in [2.45, 2.75) is 25.8 Å². The molecule has 2 heterocycles. The Bertz CT molecular complexity index is 960. The predicted molar refractivity (Wildman–Crippen MR) is 108 cm³/mol. The number of anilines is 1. The summed E-state index contributed by atoms with van der Waals surface area (Å²) in [5.74, 6) is 0.499. The van der Waals surface area contributed by atoms with Crippen molar-refractivity contribution in [2.75, 3.05) is 12.3 Å². The highest BCUT2D eigenvalue weighted by Crippen LogP contribution is 2.23. The molecule has 2 aromatic heterocycles. The largest absolute Gasteiger partial charge is 0.493 e. The summed E-state index contributed by atoms with van der Waals surface area (Å²) in [5, 5.41) is 17.3. The van der Waals surface area contributed by atoms with E-state index >= 15 is 0 Å². The summed E-state index contributed by atoms with van der Waals surface area (Å²) in [4.78, 5) is 15.6. The molecule has 9 heteroatoms. The minimum Gasteiger partial charge on any atom is -0.493 e. The number of carboxylic acids is 1. The maximum Gasteiger partial charge on any atom is 0.339 e. The maximum absolute atomic E-state index is 11.3. The van der Waals surface area contributed by atoms with Crippen LogP contribution >= 0.6 is 15.9 Å². The highest BCUT2D eigenvalue weighted by Gasteiger charge is 2.12. The van der Waals surface area contributed by atoms with Gasteiger partial charge >= 0.3 is 5.97 Å². The van der Waals surface area contributed by atoms with E-state index in [1.54, 1.807) is 24.5 Å². The van der Waals surface area contributed by atoms with Gasteiger partial charge in [-0.25, -0.2) is 9.78 Å². The number of nitrogen functional groups attached to an aromatic ring is 1. The van der Waals surface area contributed by atoms with Gasteiger partial charge in [-0.15, -0.1) is 10.2 Å². The zero-order chi connectivity index (χ0) is 19.9. The number of nitrogens with zero attached hydrogens (tertiary/aromatic N) is 4. The fraction of sp³-hybridized carbons (Fsp3) is 0.263. The van der Waals surface area contributed by atoms with Crippen molar-refractivity contribution >= 4 is 27.7 Å². The maximum atomic E-state index is 11.3. The van der Waals surface area contributed by atoms with Gasteiger partial charge in [-0.3, -0.25) is 0 Å². The third-order valence-corrected chi connectivity index (χ3v) is 4.58. The Labute approximate surface area is 170 Å². The Morgan fingerprint density at radius 2 is 2.07 bits per heavy atom. The van der Waals surface area contributed by atoms with Gasteiger partial charge < -0.3 is 20.1 Å². The fourth-order valence-corrected chi connectivity index (χ4v) is 3.09. The third-order valence-electron chi connectivity index (χ3n) is 4.09. The Morgan fingerprint density at radius 3 is 2.86 bits per heavy atom. The molecule has 3 rings (SSSR count). The van der Waals surface area contributed by atoms with E-state index in [1.807, 2.05) is 16.7 Å². The molecule has 0 aliphatic carbocycles. The zero-order valence-corrected chi connectivity index (χ0v) is 16.7. The van der Waals surface area contributed by atoms with Crippen LogP contribution in [-0.4, -0.2) is 37.4 Å². The molecule has 1 aromatic carbocycles. The molecule has 0 bridgehead atoms. The monoisotopic (exact) mass is 445 g/mol. The highest BCUT2D eigenvalue weighted by atomic mass is 79.9. The van der Waals surface area contributed by atoms with E-state index in [4.69, 9.17) is 10.5 Å². The molecule has 8 nitrogen and oxygen atoms in total. The molecular formula is C19H20BrN5O3. The zero-order valence-electron chi connectivity index (χ0n) is 15.1. The van der Waals surface area contributed by atoms with E-state index < -0.39 is 5.97 Å². The number of carbonyl (C=O) groups is 1. The second-order valence-electron chi connectivity index (χ2n) is 6.15. The molecule has 28 heavy (non-hydrogen) atoms. The Kier molecular flexibility index (Phi) is 6.59. The van der Waals surface area contributed by atoms with Crippen LogP contribution in [0.5, 0.6) is 5.75 Å². The van der Waals surface area contributed by atoms with Crippen LogP contribution < -0.4 is 10.5 Å². The number of aryl methyl sites for hydroxylation is 1. The molecule has 0 saturated heterocycles.